The second kappa shape index (κ2) is 5.22. The minimum atomic E-state index is -0.205. The maximum absolute atomic E-state index is 12.0. The molecule has 0 aliphatic heterocycles. The summed E-state index contributed by atoms with van der Waals surface area (Å²) in [4.78, 5) is 12.5. The number of thiophene rings is 1. The number of methoxy groups -OCH3 is 1. The van der Waals surface area contributed by atoms with Crippen LogP contribution in [0.5, 0.6) is 5.75 Å². The second-order valence-corrected chi connectivity index (χ2v) is 5.05. The lowest BCUT2D eigenvalue weighted by molar-refractivity contribution is 0.102. The highest BCUT2D eigenvalue weighted by Crippen LogP contribution is 2.25. The monoisotopic (exact) mass is 265 g/mol. The first-order valence-corrected chi connectivity index (χ1v) is 6.48. The Morgan fingerprint density at radius 3 is 2.94 bits per heavy atom. The number of rotatable bonds is 4. The number of aromatic amines is 1. The van der Waals surface area contributed by atoms with Gasteiger partial charge in [0.05, 0.1) is 7.11 Å². The van der Waals surface area contributed by atoms with Gasteiger partial charge in [0.15, 0.2) is 5.82 Å². The van der Waals surface area contributed by atoms with Gasteiger partial charge in [-0.2, -0.15) is 5.10 Å². The summed E-state index contributed by atoms with van der Waals surface area (Å²) in [6.45, 7) is 4.11. The summed E-state index contributed by atoms with van der Waals surface area (Å²) in [7, 11) is 1.55. The molecule has 5 nitrogen and oxygen atoms in total. The number of H-pyrrole nitrogens is 1. The predicted molar refractivity (Wildman–Crippen MR) is 71.5 cm³/mol. The van der Waals surface area contributed by atoms with Gasteiger partial charge in [0.1, 0.15) is 10.6 Å². The van der Waals surface area contributed by atoms with Crippen molar-refractivity contribution in [2.75, 3.05) is 12.4 Å². The van der Waals surface area contributed by atoms with Gasteiger partial charge in [0.25, 0.3) is 5.91 Å². The average Bonchev–Trinajstić information content (AvgIpc) is 2.96. The van der Waals surface area contributed by atoms with Gasteiger partial charge in [0, 0.05) is 11.8 Å². The Labute approximate surface area is 109 Å². The summed E-state index contributed by atoms with van der Waals surface area (Å²) >= 11 is 1.34. The van der Waals surface area contributed by atoms with Crippen molar-refractivity contribution < 1.29 is 9.53 Å². The summed E-state index contributed by atoms with van der Waals surface area (Å²) in [5, 5.41) is 11.5. The molecule has 0 fully saturated rings. The molecule has 0 aromatic carbocycles. The van der Waals surface area contributed by atoms with E-state index in [1.165, 1.54) is 11.3 Å². The molecule has 0 spiro atoms. The topological polar surface area (TPSA) is 67.0 Å². The fourth-order valence-corrected chi connectivity index (χ4v) is 2.25. The van der Waals surface area contributed by atoms with Crippen LogP contribution in [0.4, 0.5) is 5.82 Å². The fraction of sp³-hybridized carbons (Fsp3) is 0.333. The summed E-state index contributed by atoms with van der Waals surface area (Å²) in [5.41, 5.74) is 0.989. The van der Waals surface area contributed by atoms with E-state index in [0.29, 0.717) is 22.4 Å². The molecule has 0 aliphatic rings. The van der Waals surface area contributed by atoms with Crippen molar-refractivity contribution in [3.8, 4) is 5.75 Å². The van der Waals surface area contributed by atoms with E-state index in [1.807, 2.05) is 11.4 Å². The van der Waals surface area contributed by atoms with Gasteiger partial charge in [-0.05, 0) is 17.4 Å². The molecule has 2 aromatic rings. The van der Waals surface area contributed by atoms with E-state index in [1.54, 1.807) is 13.2 Å². The van der Waals surface area contributed by atoms with E-state index in [0.717, 1.165) is 5.69 Å². The van der Waals surface area contributed by atoms with E-state index in [4.69, 9.17) is 4.74 Å². The van der Waals surface area contributed by atoms with Gasteiger partial charge < -0.3 is 10.1 Å². The number of aromatic nitrogens is 2. The van der Waals surface area contributed by atoms with Crippen LogP contribution in [0.25, 0.3) is 0 Å². The molecule has 0 saturated carbocycles. The van der Waals surface area contributed by atoms with Crippen LogP contribution in [-0.2, 0) is 0 Å². The molecule has 0 atom stereocenters. The third kappa shape index (κ3) is 2.53. The largest absolute Gasteiger partial charge is 0.495 e. The Morgan fingerprint density at radius 2 is 2.33 bits per heavy atom. The van der Waals surface area contributed by atoms with E-state index < -0.39 is 0 Å². The first kappa shape index (κ1) is 12.6. The number of carbonyl (C=O) groups is 1. The average molecular weight is 265 g/mol. The van der Waals surface area contributed by atoms with Gasteiger partial charge in [-0.1, -0.05) is 13.8 Å². The number of amides is 1. The zero-order valence-corrected chi connectivity index (χ0v) is 11.3. The molecular weight excluding hydrogens is 250 g/mol. The number of nitrogens with one attached hydrogen (secondary N) is 2. The van der Waals surface area contributed by atoms with Crippen LogP contribution in [-0.4, -0.2) is 23.2 Å². The summed E-state index contributed by atoms with van der Waals surface area (Å²) in [6.07, 6.45) is 0. The van der Waals surface area contributed by atoms with Crippen molar-refractivity contribution in [1.29, 1.82) is 0 Å². The quantitative estimate of drug-likeness (QED) is 0.893. The Hall–Kier alpha value is -1.82. The fourth-order valence-electron chi connectivity index (χ4n) is 1.49. The van der Waals surface area contributed by atoms with E-state index in [2.05, 4.69) is 29.4 Å². The molecule has 2 rings (SSSR count). The van der Waals surface area contributed by atoms with Gasteiger partial charge in [0.2, 0.25) is 0 Å². The molecule has 1 amide bonds. The normalized spacial score (nSPS) is 10.7. The van der Waals surface area contributed by atoms with Gasteiger partial charge in [-0.25, -0.2) is 0 Å². The number of hydrogen-bond acceptors (Lipinski definition) is 4. The Morgan fingerprint density at radius 1 is 1.56 bits per heavy atom. The van der Waals surface area contributed by atoms with Crippen LogP contribution in [0, 0.1) is 0 Å². The molecule has 0 aliphatic carbocycles. The van der Waals surface area contributed by atoms with Gasteiger partial charge in [-0.3, -0.25) is 9.89 Å². The maximum atomic E-state index is 12.0. The second-order valence-electron chi connectivity index (χ2n) is 4.14. The molecule has 2 N–H and O–H groups in total. The molecule has 0 bridgehead atoms. The highest BCUT2D eigenvalue weighted by atomic mass is 32.1. The minimum Gasteiger partial charge on any atom is -0.495 e. The summed E-state index contributed by atoms with van der Waals surface area (Å²) in [5.74, 6) is 1.25. The van der Waals surface area contributed by atoms with E-state index in [9.17, 15) is 4.79 Å². The highest BCUT2D eigenvalue weighted by Gasteiger charge is 2.15. The smallest absolute Gasteiger partial charge is 0.270 e. The Kier molecular flexibility index (Phi) is 3.66. The maximum Gasteiger partial charge on any atom is 0.270 e. The number of ether oxygens (including phenoxy) is 1. The number of anilines is 1. The Balaban J connectivity index is 2.11. The zero-order valence-electron chi connectivity index (χ0n) is 10.5. The summed E-state index contributed by atoms with van der Waals surface area (Å²) < 4.78 is 5.11. The van der Waals surface area contributed by atoms with Crippen LogP contribution in [0.15, 0.2) is 17.5 Å². The van der Waals surface area contributed by atoms with Gasteiger partial charge in [-0.15, -0.1) is 11.3 Å². The molecule has 0 radical (unpaired) electrons. The van der Waals surface area contributed by atoms with Crippen molar-refractivity contribution in [3.05, 3.63) is 28.1 Å². The van der Waals surface area contributed by atoms with Crippen LogP contribution in [0.2, 0.25) is 0 Å². The Bertz CT molecular complexity index is 545. The van der Waals surface area contributed by atoms with Crippen molar-refractivity contribution in [2.24, 2.45) is 0 Å². The molecule has 0 saturated heterocycles. The highest BCUT2D eigenvalue weighted by molar-refractivity contribution is 7.12. The lowest BCUT2D eigenvalue weighted by atomic mass is 10.1. The van der Waals surface area contributed by atoms with Crippen molar-refractivity contribution in [3.63, 3.8) is 0 Å². The number of nitrogens with zero attached hydrogens (tertiary/aromatic N) is 1. The van der Waals surface area contributed by atoms with Crippen LogP contribution in [0.3, 0.4) is 0 Å². The molecule has 2 aromatic heterocycles. The molecule has 18 heavy (non-hydrogen) atoms. The van der Waals surface area contributed by atoms with Crippen LogP contribution < -0.4 is 10.1 Å². The molecule has 6 heteroatoms. The van der Waals surface area contributed by atoms with E-state index in [-0.39, 0.29) is 5.91 Å². The lowest BCUT2D eigenvalue weighted by Crippen LogP contribution is -2.11. The molecule has 0 unspecified atom stereocenters. The lowest BCUT2D eigenvalue weighted by Gasteiger charge is -2.02. The van der Waals surface area contributed by atoms with Crippen LogP contribution in [0.1, 0.15) is 35.1 Å². The summed E-state index contributed by atoms with van der Waals surface area (Å²) in [6, 6.07) is 3.60. The van der Waals surface area contributed by atoms with E-state index >= 15 is 0 Å². The third-order valence-electron chi connectivity index (χ3n) is 2.52. The first-order chi connectivity index (χ1) is 8.61. The first-order valence-electron chi connectivity index (χ1n) is 5.60. The SMILES string of the molecule is COc1ccsc1C(=O)Nc1cc(C(C)C)[nH]n1. The van der Waals surface area contributed by atoms with Crippen molar-refractivity contribution >= 4 is 23.1 Å². The third-order valence-corrected chi connectivity index (χ3v) is 3.41. The molecule has 2 heterocycles. The van der Waals surface area contributed by atoms with Crippen molar-refractivity contribution in [1.82, 2.24) is 10.2 Å². The predicted octanol–water partition coefficient (Wildman–Crippen LogP) is 2.86. The number of carbonyl (C=O) groups excluding carboxylic acids is 1. The zero-order chi connectivity index (χ0) is 13.1. The molecular formula is C12H15N3O2S. The van der Waals surface area contributed by atoms with Crippen LogP contribution >= 0.6 is 11.3 Å². The molecule has 96 valence electrons. The standard InChI is InChI=1S/C12H15N3O2S/c1-7(2)8-6-10(15-14-8)13-12(16)11-9(17-3)4-5-18-11/h4-7H,1-3H3,(H2,13,14,15,16). The van der Waals surface area contributed by atoms with Crippen molar-refractivity contribution in [2.45, 2.75) is 19.8 Å². The van der Waals surface area contributed by atoms with Gasteiger partial charge >= 0.3 is 0 Å². The number of hydrogen-bond donors (Lipinski definition) is 2. The minimum absolute atomic E-state index is 0.205.